The van der Waals surface area contributed by atoms with Gasteiger partial charge in [-0.15, -0.1) is 0 Å². The maximum absolute atomic E-state index is 12.1. The van der Waals surface area contributed by atoms with Crippen molar-refractivity contribution in [1.82, 2.24) is 0 Å². The normalized spacial score (nSPS) is 16.6. The molecule has 1 aliphatic carbocycles. The number of carbonyl (C=O) groups excluding carboxylic acids is 1. The van der Waals surface area contributed by atoms with Crippen LogP contribution in [0.2, 0.25) is 0 Å². The second-order valence-corrected chi connectivity index (χ2v) is 5.92. The topological polar surface area (TPSA) is 57.5 Å². The van der Waals surface area contributed by atoms with Crippen LogP contribution in [-0.4, -0.2) is 22.3 Å². The Balaban J connectivity index is 1.81. The predicted octanol–water partition coefficient (Wildman–Crippen LogP) is 2.62. The number of rotatable bonds is 6. The van der Waals surface area contributed by atoms with Gasteiger partial charge in [0, 0.05) is 19.3 Å². The Morgan fingerprint density at radius 1 is 1.05 bits per heavy atom. The van der Waals surface area contributed by atoms with Gasteiger partial charge in [0.15, 0.2) is 6.29 Å². The molecule has 3 nitrogen and oxygen atoms in total. The molecule has 1 aliphatic rings. The number of aliphatic hydroxyl groups is 2. The maximum Gasteiger partial charge on any atom is 0.155 e. The summed E-state index contributed by atoms with van der Waals surface area (Å²) in [6.45, 7) is 0. The molecule has 0 saturated heterocycles. The first kappa shape index (κ1) is 15.2. The van der Waals surface area contributed by atoms with Gasteiger partial charge in [-0.05, 0) is 17.0 Å². The SMILES string of the molecule is O=C(Cc1ccc(CC(O)O)cc1)CC1CCCCC1. The number of hydrogen-bond acceptors (Lipinski definition) is 3. The third-order valence-corrected chi connectivity index (χ3v) is 4.08. The summed E-state index contributed by atoms with van der Waals surface area (Å²) in [5, 5.41) is 17.8. The first-order valence-corrected chi connectivity index (χ1v) is 7.59. The van der Waals surface area contributed by atoms with Gasteiger partial charge in [0.05, 0.1) is 0 Å². The van der Waals surface area contributed by atoms with Gasteiger partial charge in [-0.1, -0.05) is 56.4 Å². The lowest BCUT2D eigenvalue weighted by Crippen LogP contribution is -2.13. The molecule has 0 radical (unpaired) electrons. The van der Waals surface area contributed by atoms with Crippen molar-refractivity contribution in [3.8, 4) is 0 Å². The fourth-order valence-electron chi connectivity index (χ4n) is 3.02. The third kappa shape index (κ3) is 5.06. The van der Waals surface area contributed by atoms with Gasteiger partial charge in [0.2, 0.25) is 0 Å². The molecule has 0 aromatic heterocycles. The molecule has 1 aromatic carbocycles. The van der Waals surface area contributed by atoms with Gasteiger partial charge in [-0.25, -0.2) is 0 Å². The van der Waals surface area contributed by atoms with Crippen LogP contribution in [0.1, 0.15) is 49.7 Å². The van der Waals surface area contributed by atoms with Crippen molar-refractivity contribution in [3.63, 3.8) is 0 Å². The molecule has 2 N–H and O–H groups in total. The molecule has 2 rings (SSSR count). The van der Waals surface area contributed by atoms with E-state index in [1.54, 1.807) is 0 Å². The van der Waals surface area contributed by atoms with Crippen LogP contribution in [0, 0.1) is 5.92 Å². The van der Waals surface area contributed by atoms with Crippen LogP contribution in [0.5, 0.6) is 0 Å². The molecule has 0 atom stereocenters. The molecule has 0 spiro atoms. The highest BCUT2D eigenvalue weighted by atomic mass is 16.5. The van der Waals surface area contributed by atoms with Crippen LogP contribution in [-0.2, 0) is 17.6 Å². The van der Waals surface area contributed by atoms with Crippen LogP contribution in [0.4, 0.5) is 0 Å². The lowest BCUT2D eigenvalue weighted by atomic mass is 9.85. The van der Waals surface area contributed by atoms with E-state index in [-0.39, 0.29) is 6.42 Å². The maximum atomic E-state index is 12.1. The number of aliphatic hydroxyl groups excluding tert-OH is 1. The number of hydrogen-bond donors (Lipinski definition) is 2. The highest BCUT2D eigenvalue weighted by molar-refractivity contribution is 5.81. The summed E-state index contributed by atoms with van der Waals surface area (Å²) in [5.74, 6) is 0.923. The van der Waals surface area contributed by atoms with Crippen LogP contribution in [0.25, 0.3) is 0 Å². The van der Waals surface area contributed by atoms with Crippen molar-refractivity contribution in [3.05, 3.63) is 35.4 Å². The molecule has 0 heterocycles. The van der Waals surface area contributed by atoms with Crippen LogP contribution in [0.3, 0.4) is 0 Å². The van der Waals surface area contributed by atoms with E-state index in [0.717, 1.165) is 17.5 Å². The van der Waals surface area contributed by atoms with E-state index in [9.17, 15) is 4.79 Å². The summed E-state index contributed by atoms with van der Waals surface area (Å²) in [6.07, 6.45) is 6.42. The molecule has 1 fully saturated rings. The Morgan fingerprint density at radius 2 is 1.65 bits per heavy atom. The molecule has 0 aliphatic heterocycles. The molecule has 3 heteroatoms. The molecule has 0 bridgehead atoms. The van der Waals surface area contributed by atoms with Crippen molar-refractivity contribution < 1.29 is 15.0 Å². The molecule has 1 saturated carbocycles. The average molecular weight is 276 g/mol. The first-order chi connectivity index (χ1) is 9.63. The Labute approximate surface area is 120 Å². The highest BCUT2D eigenvalue weighted by Crippen LogP contribution is 2.26. The van der Waals surface area contributed by atoms with E-state index in [1.807, 2.05) is 24.3 Å². The minimum absolute atomic E-state index is 0.232. The van der Waals surface area contributed by atoms with Gasteiger partial charge in [-0.3, -0.25) is 4.79 Å². The van der Waals surface area contributed by atoms with Crippen molar-refractivity contribution in [2.45, 2.75) is 57.7 Å². The van der Waals surface area contributed by atoms with Crippen LogP contribution in [0.15, 0.2) is 24.3 Å². The Bertz CT molecular complexity index is 416. The summed E-state index contributed by atoms with van der Waals surface area (Å²) in [6, 6.07) is 7.55. The minimum Gasteiger partial charge on any atom is -0.368 e. The van der Waals surface area contributed by atoms with Gasteiger partial charge < -0.3 is 10.2 Å². The largest absolute Gasteiger partial charge is 0.368 e. The molecular weight excluding hydrogens is 252 g/mol. The van der Waals surface area contributed by atoms with E-state index in [4.69, 9.17) is 10.2 Å². The quantitative estimate of drug-likeness (QED) is 0.785. The zero-order chi connectivity index (χ0) is 14.4. The second-order valence-electron chi connectivity index (χ2n) is 5.92. The summed E-state index contributed by atoms with van der Waals surface area (Å²) in [4.78, 5) is 12.1. The predicted molar refractivity (Wildman–Crippen MR) is 78.3 cm³/mol. The molecular formula is C17H24O3. The highest BCUT2D eigenvalue weighted by Gasteiger charge is 2.17. The first-order valence-electron chi connectivity index (χ1n) is 7.59. The monoisotopic (exact) mass is 276 g/mol. The van der Waals surface area contributed by atoms with E-state index in [1.165, 1.54) is 32.1 Å². The van der Waals surface area contributed by atoms with Crippen molar-refractivity contribution >= 4 is 5.78 Å². The standard InChI is InChI=1S/C17H24O3/c18-16(10-13-4-2-1-3-5-13)11-14-6-8-15(9-7-14)12-17(19)20/h6-9,13,17,19-20H,1-5,10-12H2. The fraction of sp³-hybridized carbons (Fsp3) is 0.588. The smallest absolute Gasteiger partial charge is 0.155 e. The molecule has 1 aromatic rings. The summed E-state index contributed by atoms with van der Waals surface area (Å²) in [5.41, 5.74) is 1.89. The summed E-state index contributed by atoms with van der Waals surface area (Å²) < 4.78 is 0. The van der Waals surface area contributed by atoms with Crippen molar-refractivity contribution in [1.29, 1.82) is 0 Å². The molecule has 0 unspecified atom stereocenters. The fourth-order valence-corrected chi connectivity index (χ4v) is 3.02. The molecule has 0 amide bonds. The van der Waals surface area contributed by atoms with Crippen LogP contribution < -0.4 is 0 Å². The van der Waals surface area contributed by atoms with E-state index in [0.29, 0.717) is 18.1 Å². The van der Waals surface area contributed by atoms with Gasteiger partial charge in [0.25, 0.3) is 0 Å². The van der Waals surface area contributed by atoms with Gasteiger partial charge in [0.1, 0.15) is 5.78 Å². The van der Waals surface area contributed by atoms with Crippen molar-refractivity contribution in [2.24, 2.45) is 5.92 Å². The Morgan fingerprint density at radius 3 is 2.25 bits per heavy atom. The third-order valence-electron chi connectivity index (χ3n) is 4.08. The average Bonchev–Trinajstić information content (AvgIpc) is 2.41. The Hall–Kier alpha value is -1.19. The molecule has 20 heavy (non-hydrogen) atoms. The zero-order valence-corrected chi connectivity index (χ0v) is 11.9. The van der Waals surface area contributed by atoms with Crippen molar-refractivity contribution in [2.75, 3.05) is 0 Å². The van der Waals surface area contributed by atoms with E-state index < -0.39 is 6.29 Å². The number of ketones is 1. The van der Waals surface area contributed by atoms with E-state index >= 15 is 0 Å². The lowest BCUT2D eigenvalue weighted by Gasteiger charge is -2.20. The number of carbonyl (C=O) groups is 1. The lowest BCUT2D eigenvalue weighted by molar-refractivity contribution is -0.119. The Kier molecular flexibility index (Phi) is 5.74. The zero-order valence-electron chi connectivity index (χ0n) is 11.9. The summed E-state index contributed by atoms with van der Waals surface area (Å²) >= 11 is 0. The summed E-state index contributed by atoms with van der Waals surface area (Å²) in [7, 11) is 0. The van der Waals surface area contributed by atoms with E-state index in [2.05, 4.69) is 0 Å². The van der Waals surface area contributed by atoms with Gasteiger partial charge >= 0.3 is 0 Å². The number of Topliss-reactive ketones (excluding diaryl/α,β-unsaturated/α-hetero) is 1. The van der Waals surface area contributed by atoms with Gasteiger partial charge in [-0.2, -0.15) is 0 Å². The number of benzene rings is 1. The minimum atomic E-state index is -1.31. The molecule has 110 valence electrons. The van der Waals surface area contributed by atoms with Crippen LogP contribution >= 0.6 is 0 Å². The second kappa shape index (κ2) is 7.55.